The number of aromatic nitrogens is 3. The molecule has 3 aromatic rings. The lowest BCUT2D eigenvalue weighted by atomic mass is 9.77. The topological polar surface area (TPSA) is 133 Å². The monoisotopic (exact) mass is 472 g/mol. The number of piperidine rings is 1. The van der Waals surface area contributed by atoms with Crippen molar-refractivity contribution in [2.45, 2.75) is 26.2 Å². The summed E-state index contributed by atoms with van der Waals surface area (Å²) in [5, 5.41) is 21.6. The molecule has 0 atom stereocenters. The number of amides is 1. The number of carbonyl (C=O) groups is 2. The van der Waals surface area contributed by atoms with E-state index in [1.54, 1.807) is 12.1 Å². The molecular formula is C22H22F2N6O4. The van der Waals surface area contributed by atoms with E-state index in [0.29, 0.717) is 18.8 Å². The summed E-state index contributed by atoms with van der Waals surface area (Å²) in [4.78, 5) is 29.9. The maximum absolute atomic E-state index is 13.3. The first-order valence-electron chi connectivity index (χ1n) is 10.5. The number of halogens is 2. The van der Waals surface area contributed by atoms with Gasteiger partial charge in [0.15, 0.2) is 11.6 Å². The molecule has 3 heterocycles. The van der Waals surface area contributed by atoms with Crippen molar-refractivity contribution in [2.75, 3.05) is 28.6 Å². The molecule has 0 saturated carbocycles. The van der Waals surface area contributed by atoms with Crippen molar-refractivity contribution < 1.29 is 27.9 Å². The van der Waals surface area contributed by atoms with Crippen LogP contribution >= 0.6 is 0 Å². The number of carbonyl (C=O) groups excluding carboxylic acids is 1. The SMILES string of the molecule is CC1(CC(=O)O)CCN(c2ccc(NC(=O)c3nnc(Nc4ccc(F)c(F)c4)o3)cn2)CC1. The van der Waals surface area contributed by atoms with Crippen LogP contribution in [0.1, 0.15) is 36.9 Å². The molecule has 34 heavy (non-hydrogen) atoms. The Labute approximate surface area is 193 Å². The highest BCUT2D eigenvalue weighted by Crippen LogP contribution is 2.35. The Morgan fingerprint density at radius 2 is 1.85 bits per heavy atom. The summed E-state index contributed by atoms with van der Waals surface area (Å²) in [5.41, 5.74) is 0.365. The quantitative estimate of drug-likeness (QED) is 0.469. The molecule has 10 nitrogen and oxygen atoms in total. The number of rotatable bonds is 7. The van der Waals surface area contributed by atoms with Crippen LogP contribution in [-0.2, 0) is 4.79 Å². The van der Waals surface area contributed by atoms with Crippen LogP contribution in [0.25, 0.3) is 0 Å². The van der Waals surface area contributed by atoms with Gasteiger partial charge in [-0.15, -0.1) is 5.10 Å². The minimum absolute atomic E-state index is 0.146. The fourth-order valence-electron chi connectivity index (χ4n) is 3.71. The van der Waals surface area contributed by atoms with E-state index in [4.69, 9.17) is 9.52 Å². The summed E-state index contributed by atoms with van der Waals surface area (Å²) in [6.07, 6.45) is 3.14. The van der Waals surface area contributed by atoms with Crippen molar-refractivity contribution in [3.63, 3.8) is 0 Å². The number of nitrogens with one attached hydrogen (secondary N) is 2. The van der Waals surface area contributed by atoms with Crippen LogP contribution in [0, 0.1) is 17.0 Å². The Kier molecular flexibility index (Phi) is 6.39. The van der Waals surface area contributed by atoms with Crippen molar-refractivity contribution >= 4 is 35.1 Å². The van der Waals surface area contributed by atoms with Crippen LogP contribution in [0.2, 0.25) is 0 Å². The molecule has 1 aliphatic rings. The van der Waals surface area contributed by atoms with Gasteiger partial charge in [-0.1, -0.05) is 12.0 Å². The zero-order valence-electron chi connectivity index (χ0n) is 18.2. The molecule has 0 bridgehead atoms. The molecule has 178 valence electrons. The lowest BCUT2D eigenvalue weighted by Gasteiger charge is -2.39. The van der Waals surface area contributed by atoms with Crippen LogP contribution in [0.4, 0.5) is 32.0 Å². The van der Waals surface area contributed by atoms with Crippen LogP contribution in [0.3, 0.4) is 0 Å². The van der Waals surface area contributed by atoms with Gasteiger partial charge in [0.2, 0.25) is 0 Å². The van der Waals surface area contributed by atoms with Gasteiger partial charge >= 0.3 is 23.8 Å². The average molecular weight is 472 g/mol. The Bertz CT molecular complexity index is 1190. The van der Waals surface area contributed by atoms with Gasteiger partial charge in [0, 0.05) is 24.8 Å². The summed E-state index contributed by atoms with van der Waals surface area (Å²) in [6.45, 7) is 3.37. The van der Waals surface area contributed by atoms with Crippen molar-refractivity contribution in [1.82, 2.24) is 15.2 Å². The molecule has 4 rings (SSSR count). The summed E-state index contributed by atoms with van der Waals surface area (Å²) < 4.78 is 31.6. The second-order valence-electron chi connectivity index (χ2n) is 8.39. The predicted molar refractivity (Wildman–Crippen MR) is 118 cm³/mol. The largest absolute Gasteiger partial charge is 0.481 e. The maximum Gasteiger partial charge on any atom is 0.320 e. The summed E-state index contributed by atoms with van der Waals surface area (Å²) in [5.74, 6) is -3.09. The van der Waals surface area contributed by atoms with Gasteiger partial charge in [0.05, 0.1) is 18.3 Å². The molecule has 1 amide bonds. The fraction of sp³-hybridized carbons (Fsp3) is 0.318. The highest BCUT2D eigenvalue weighted by atomic mass is 19.2. The highest BCUT2D eigenvalue weighted by molar-refractivity contribution is 6.00. The Morgan fingerprint density at radius 1 is 1.12 bits per heavy atom. The van der Waals surface area contributed by atoms with Gasteiger partial charge in [0.25, 0.3) is 0 Å². The first kappa shape index (κ1) is 23.1. The second-order valence-corrected chi connectivity index (χ2v) is 8.39. The number of nitrogens with zero attached hydrogens (tertiary/aromatic N) is 4. The molecule has 0 radical (unpaired) electrons. The van der Waals surface area contributed by atoms with Crippen molar-refractivity contribution in [3.8, 4) is 0 Å². The molecule has 1 aromatic carbocycles. The van der Waals surface area contributed by atoms with Gasteiger partial charge in [-0.25, -0.2) is 13.8 Å². The van der Waals surface area contributed by atoms with E-state index in [-0.39, 0.29) is 29.4 Å². The van der Waals surface area contributed by atoms with E-state index in [1.807, 2.05) is 6.92 Å². The standard InChI is InChI=1S/C22H22F2N6O4/c1-22(11-18(31)32)6-8-30(9-7-22)17-5-3-14(12-25-17)26-19(33)20-28-29-21(34-20)27-13-2-4-15(23)16(24)10-13/h2-5,10,12H,6-9,11H2,1H3,(H,26,33)(H,27,29)(H,31,32). The molecule has 12 heteroatoms. The summed E-state index contributed by atoms with van der Waals surface area (Å²) in [7, 11) is 0. The van der Waals surface area contributed by atoms with Crippen molar-refractivity contribution in [1.29, 1.82) is 0 Å². The third kappa shape index (κ3) is 5.45. The van der Waals surface area contributed by atoms with E-state index in [9.17, 15) is 18.4 Å². The number of hydrogen-bond donors (Lipinski definition) is 3. The molecule has 1 aliphatic heterocycles. The van der Waals surface area contributed by atoms with Gasteiger partial charge in [-0.3, -0.25) is 9.59 Å². The third-order valence-corrected chi connectivity index (χ3v) is 5.67. The van der Waals surface area contributed by atoms with Crippen LogP contribution < -0.4 is 15.5 Å². The molecular weight excluding hydrogens is 450 g/mol. The van der Waals surface area contributed by atoms with Crippen molar-refractivity contribution in [2.24, 2.45) is 5.41 Å². The Morgan fingerprint density at radius 3 is 2.50 bits per heavy atom. The maximum atomic E-state index is 13.3. The molecule has 2 aromatic heterocycles. The van der Waals surface area contributed by atoms with Gasteiger partial charge in [0.1, 0.15) is 5.82 Å². The first-order valence-corrected chi connectivity index (χ1v) is 10.5. The zero-order valence-corrected chi connectivity index (χ0v) is 18.2. The van der Waals surface area contributed by atoms with Crippen LogP contribution in [0.15, 0.2) is 40.9 Å². The highest BCUT2D eigenvalue weighted by Gasteiger charge is 2.32. The number of carboxylic acid groups (broad SMARTS) is 1. The first-order chi connectivity index (χ1) is 16.2. The van der Waals surface area contributed by atoms with Gasteiger partial charge < -0.3 is 25.1 Å². The lowest BCUT2D eigenvalue weighted by molar-refractivity contribution is -0.139. The molecule has 0 spiro atoms. The predicted octanol–water partition coefficient (Wildman–Crippen LogP) is 3.82. The average Bonchev–Trinajstić information content (AvgIpc) is 3.25. The Hall–Kier alpha value is -4.09. The number of pyridine rings is 1. The number of hydrogen-bond acceptors (Lipinski definition) is 8. The third-order valence-electron chi connectivity index (χ3n) is 5.67. The van der Waals surface area contributed by atoms with Gasteiger partial charge in [-0.05, 0) is 42.5 Å². The lowest BCUT2D eigenvalue weighted by Crippen LogP contribution is -2.40. The van der Waals surface area contributed by atoms with E-state index >= 15 is 0 Å². The molecule has 0 unspecified atom stereocenters. The molecule has 1 fully saturated rings. The number of benzene rings is 1. The normalized spacial score (nSPS) is 15.1. The van der Waals surface area contributed by atoms with Gasteiger partial charge in [-0.2, -0.15) is 0 Å². The van der Waals surface area contributed by atoms with E-state index < -0.39 is 23.5 Å². The Balaban J connectivity index is 1.33. The zero-order chi connectivity index (χ0) is 24.3. The van der Waals surface area contributed by atoms with E-state index in [1.165, 1.54) is 12.3 Å². The number of carboxylic acids is 1. The van der Waals surface area contributed by atoms with E-state index in [2.05, 4.69) is 30.7 Å². The van der Waals surface area contributed by atoms with Crippen LogP contribution in [-0.4, -0.2) is 45.3 Å². The molecule has 0 aliphatic carbocycles. The number of anilines is 4. The molecule has 3 N–H and O–H groups in total. The summed E-state index contributed by atoms with van der Waals surface area (Å²) in [6, 6.07) is 6.43. The fourth-order valence-corrected chi connectivity index (χ4v) is 3.71. The summed E-state index contributed by atoms with van der Waals surface area (Å²) >= 11 is 0. The van der Waals surface area contributed by atoms with Crippen LogP contribution in [0.5, 0.6) is 0 Å². The number of aliphatic carboxylic acids is 1. The minimum Gasteiger partial charge on any atom is -0.481 e. The molecule has 1 saturated heterocycles. The minimum atomic E-state index is -1.04. The smallest absolute Gasteiger partial charge is 0.320 e. The van der Waals surface area contributed by atoms with E-state index in [0.717, 1.165) is 30.8 Å². The van der Waals surface area contributed by atoms with Crippen molar-refractivity contribution in [3.05, 3.63) is 54.1 Å². The second kappa shape index (κ2) is 9.41.